The van der Waals surface area contributed by atoms with Crippen molar-refractivity contribution in [3.05, 3.63) is 59.7 Å². The van der Waals surface area contributed by atoms with Gasteiger partial charge in [-0.1, -0.05) is 30.3 Å². The summed E-state index contributed by atoms with van der Waals surface area (Å²) in [7, 11) is 0. The zero-order valence-corrected chi connectivity index (χ0v) is 17.8. The molecule has 162 valence electrons. The molecule has 2 amide bonds. The molecule has 5 rings (SSSR count). The molecule has 0 unspecified atom stereocenters. The first-order valence-corrected chi connectivity index (χ1v) is 11.5. The first kappa shape index (κ1) is 20.1. The quantitative estimate of drug-likeness (QED) is 0.799. The summed E-state index contributed by atoms with van der Waals surface area (Å²) in [5.41, 5.74) is 3.74. The third kappa shape index (κ3) is 4.30. The second-order valence-corrected chi connectivity index (χ2v) is 8.94. The van der Waals surface area contributed by atoms with E-state index in [0.717, 1.165) is 69.7 Å². The number of nitrogens with zero attached hydrogens (tertiary/aromatic N) is 2. The SMILES string of the molecule is O=C(NC1CCN(Cc2ccccc2)CC1)c1ccc2c(c1)NC(=O)[C@@H]1CCCCN21. The molecule has 0 spiro atoms. The Morgan fingerprint density at radius 1 is 1.00 bits per heavy atom. The molecule has 3 aliphatic heterocycles. The van der Waals surface area contributed by atoms with Crippen LogP contribution in [0.15, 0.2) is 48.5 Å². The second-order valence-electron chi connectivity index (χ2n) is 8.94. The number of piperidine rings is 2. The molecule has 6 nitrogen and oxygen atoms in total. The molecule has 0 radical (unpaired) electrons. The van der Waals surface area contributed by atoms with Crippen molar-refractivity contribution < 1.29 is 9.59 Å². The van der Waals surface area contributed by atoms with Gasteiger partial charge in [-0.15, -0.1) is 0 Å². The highest BCUT2D eigenvalue weighted by Gasteiger charge is 2.34. The molecule has 2 aromatic carbocycles. The minimum atomic E-state index is -0.0676. The van der Waals surface area contributed by atoms with Crippen LogP contribution in [0.4, 0.5) is 11.4 Å². The first-order chi connectivity index (χ1) is 15.2. The van der Waals surface area contributed by atoms with Crippen LogP contribution in [0.25, 0.3) is 0 Å². The largest absolute Gasteiger partial charge is 0.358 e. The number of amides is 2. The summed E-state index contributed by atoms with van der Waals surface area (Å²) in [5, 5.41) is 6.22. The summed E-state index contributed by atoms with van der Waals surface area (Å²) in [6.45, 7) is 3.83. The van der Waals surface area contributed by atoms with Gasteiger partial charge in [0.1, 0.15) is 6.04 Å². The van der Waals surface area contributed by atoms with Gasteiger partial charge >= 0.3 is 0 Å². The number of carbonyl (C=O) groups is 2. The van der Waals surface area contributed by atoms with E-state index < -0.39 is 0 Å². The van der Waals surface area contributed by atoms with Crippen LogP contribution in [-0.4, -0.2) is 48.4 Å². The van der Waals surface area contributed by atoms with Crippen molar-refractivity contribution in [3.8, 4) is 0 Å². The summed E-state index contributed by atoms with van der Waals surface area (Å²) in [6, 6.07) is 16.4. The van der Waals surface area contributed by atoms with Crippen LogP contribution in [-0.2, 0) is 11.3 Å². The minimum absolute atomic E-state index is 0.0514. The molecule has 0 bridgehead atoms. The third-order valence-corrected chi connectivity index (χ3v) is 6.80. The number of rotatable bonds is 4. The number of hydrogen-bond acceptors (Lipinski definition) is 4. The number of fused-ring (bicyclic) bond motifs is 3. The average molecular weight is 419 g/mol. The van der Waals surface area contributed by atoms with Crippen molar-refractivity contribution >= 4 is 23.2 Å². The number of benzene rings is 2. The van der Waals surface area contributed by atoms with Gasteiger partial charge in [0.05, 0.1) is 11.4 Å². The normalized spacial score (nSPS) is 21.7. The maximum absolute atomic E-state index is 12.9. The minimum Gasteiger partial charge on any atom is -0.358 e. The molecule has 2 fully saturated rings. The molecule has 31 heavy (non-hydrogen) atoms. The van der Waals surface area contributed by atoms with Gasteiger partial charge in [0.15, 0.2) is 0 Å². The van der Waals surface area contributed by atoms with Gasteiger partial charge in [0.2, 0.25) is 5.91 Å². The number of likely N-dealkylation sites (tertiary alicyclic amines) is 1. The Morgan fingerprint density at radius 3 is 2.61 bits per heavy atom. The van der Waals surface area contributed by atoms with Crippen molar-refractivity contribution in [3.63, 3.8) is 0 Å². The number of carbonyl (C=O) groups excluding carboxylic acids is 2. The molecule has 0 aliphatic carbocycles. The fourth-order valence-electron chi connectivity index (χ4n) is 5.08. The van der Waals surface area contributed by atoms with Crippen molar-refractivity contribution in [2.45, 2.75) is 50.7 Å². The number of nitrogens with one attached hydrogen (secondary N) is 2. The predicted octanol–water partition coefficient (Wildman–Crippen LogP) is 3.39. The van der Waals surface area contributed by atoms with E-state index in [2.05, 4.69) is 44.7 Å². The second kappa shape index (κ2) is 8.71. The monoisotopic (exact) mass is 418 g/mol. The van der Waals surface area contributed by atoms with E-state index in [9.17, 15) is 9.59 Å². The summed E-state index contributed by atoms with van der Waals surface area (Å²) in [6.07, 6.45) is 5.00. The lowest BCUT2D eigenvalue weighted by molar-refractivity contribution is -0.118. The van der Waals surface area contributed by atoms with E-state index in [1.165, 1.54) is 5.56 Å². The standard InChI is InChI=1S/C25H30N4O2/c30-24(26-20-11-14-28(15-12-20)17-18-6-2-1-3-7-18)19-9-10-22-21(16-19)27-25(31)23-8-4-5-13-29(22)23/h1-3,6-7,9-10,16,20,23H,4-5,8,11-15,17H2,(H,26,30)(H,27,31)/t23-/m0/s1. The van der Waals surface area contributed by atoms with Gasteiger partial charge in [-0.25, -0.2) is 0 Å². The molecule has 2 aromatic rings. The highest BCUT2D eigenvalue weighted by molar-refractivity contribution is 6.05. The van der Waals surface area contributed by atoms with E-state index in [1.54, 1.807) is 0 Å². The van der Waals surface area contributed by atoms with Gasteiger partial charge in [0, 0.05) is 37.8 Å². The summed E-state index contributed by atoms with van der Waals surface area (Å²) in [4.78, 5) is 30.0. The van der Waals surface area contributed by atoms with Crippen molar-refractivity contribution in [1.29, 1.82) is 0 Å². The number of anilines is 2. The molecular weight excluding hydrogens is 388 g/mol. The topological polar surface area (TPSA) is 64.7 Å². The summed E-state index contributed by atoms with van der Waals surface area (Å²) in [5.74, 6) is -0.00475. The number of hydrogen-bond donors (Lipinski definition) is 2. The Bertz CT molecular complexity index is 953. The smallest absolute Gasteiger partial charge is 0.251 e. The van der Waals surface area contributed by atoms with Crippen LogP contribution in [0, 0.1) is 0 Å². The summed E-state index contributed by atoms with van der Waals surface area (Å²) < 4.78 is 0. The highest BCUT2D eigenvalue weighted by atomic mass is 16.2. The molecular formula is C25H30N4O2. The first-order valence-electron chi connectivity index (χ1n) is 11.5. The summed E-state index contributed by atoms with van der Waals surface area (Å²) >= 11 is 0. The zero-order valence-electron chi connectivity index (χ0n) is 17.8. The molecule has 0 saturated carbocycles. The predicted molar refractivity (Wildman–Crippen MR) is 122 cm³/mol. The van der Waals surface area contributed by atoms with Crippen LogP contribution in [0.5, 0.6) is 0 Å². The molecule has 3 aliphatic rings. The fraction of sp³-hybridized carbons (Fsp3) is 0.440. The molecule has 3 heterocycles. The molecule has 1 atom stereocenters. The fourth-order valence-corrected chi connectivity index (χ4v) is 5.08. The van der Waals surface area contributed by atoms with Crippen LogP contribution in [0.1, 0.15) is 48.0 Å². The van der Waals surface area contributed by atoms with Gasteiger partial charge < -0.3 is 15.5 Å². The highest BCUT2D eigenvalue weighted by Crippen LogP contribution is 2.36. The Balaban J connectivity index is 1.19. The molecule has 2 N–H and O–H groups in total. The van der Waals surface area contributed by atoms with E-state index in [4.69, 9.17) is 0 Å². The molecule has 2 saturated heterocycles. The van der Waals surface area contributed by atoms with Gasteiger partial charge in [-0.2, -0.15) is 0 Å². The van der Waals surface area contributed by atoms with Crippen LogP contribution < -0.4 is 15.5 Å². The van der Waals surface area contributed by atoms with Crippen LogP contribution in [0.3, 0.4) is 0 Å². The Hall–Kier alpha value is -2.86. The van der Waals surface area contributed by atoms with E-state index in [1.807, 2.05) is 24.3 Å². The molecule has 0 aromatic heterocycles. The van der Waals surface area contributed by atoms with Crippen molar-refractivity contribution in [2.75, 3.05) is 29.9 Å². The maximum atomic E-state index is 12.9. The maximum Gasteiger partial charge on any atom is 0.251 e. The zero-order chi connectivity index (χ0) is 21.2. The Morgan fingerprint density at radius 2 is 1.81 bits per heavy atom. The van der Waals surface area contributed by atoms with E-state index >= 15 is 0 Å². The van der Waals surface area contributed by atoms with Gasteiger partial charge in [-0.05, 0) is 55.9 Å². The van der Waals surface area contributed by atoms with Gasteiger partial charge in [0.25, 0.3) is 5.91 Å². The lowest BCUT2D eigenvalue weighted by Crippen LogP contribution is -2.50. The van der Waals surface area contributed by atoms with E-state index in [0.29, 0.717) is 5.56 Å². The Labute approximate surface area is 183 Å². The van der Waals surface area contributed by atoms with Gasteiger partial charge in [-0.3, -0.25) is 14.5 Å². The van der Waals surface area contributed by atoms with Crippen LogP contribution in [0.2, 0.25) is 0 Å². The third-order valence-electron chi connectivity index (χ3n) is 6.80. The lowest BCUT2D eigenvalue weighted by Gasteiger charge is -2.41. The lowest BCUT2D eigenvalue weighted by atomic mass is 9.96. The van der Waals surface area contributed by atoms with Crippen molar-refractivity contribution in [2.24, 2.45) is 0 Å². The average Bonchev–Trinajstić information content (AvgIpc) is 2.81. The van der Waals surface area contributed by atoms with E-state index in [-0.39, 0.29) is 23.9 Å². The molecule has 6 heteroatoms. The van der Waals surface area contributed by atoms with Crippen LogP contribution >= 0.6 is 0 Å². The Kier molecular flexibility index (Phi) is 5.64. The van der Waals surface area contributed by atoms with Crippen molar-refractivity contribution in [1.82, 2.24) is 10.2 Å².